The van der Waals surface area contributed by atoms with Crippen molar-refractivity contribution in [1.29, 1.82) is 0 Å². The molecular formula is C17H29NO4. The van der Waals surface area contributed by atoms with Crippen LogP contribution in [0.1, 0.15) is 65.2 Å². The second-order valence-corrected chi connectivity index (χ2v) is 6.28. The van der Waals surface area contributed by atoms with Crippen molar-refractivity contribution < 1.29 is 19.0 Å². The molecule has 0 aromatic carbocycles. The van der Waals surface area contributed by atoms with Gasteiger partial charge in [-0.1, -0.05) is 32.6 Å². The van der Waals surface area contributed by atoms with E-state index >= 15 is 0 Å². The number of unbranched alkanes of at least 4 members (excludes halogenated alkanes) is 4. The Morgan fingerprint density at radius 1 is 1.36 bits per heavy atom. The third-order valence-electron chi connectivity index (χ3n) is 4.25. The van der Waals surface area contributed by atoms with Crippen LogP contribution in [0.15, 0.2) is 4.99 Å². The summed E-state index contributed by atoms with van der Waals surface area (Å²) in [7, 11) is 0. The van der Waals surface area contributed by atoms with Crippen molar-refractivity contribution in [2.75, 3.05) is 19.8 Å². The molecule has 2 atom stereocenters. The van der Waals surface area contributed by atoms with Gasteiger partial charge in [0.2, 0.25) is 5.79 Å². The first-order valence-corrected chi connectivity index (χ1v) is 8.65. The number of rotatable bonds is 9. The number of hydrogen-bond donors (Lipinski definition) is 0. The lowest BCUT2D eigenvalue weighted by molar-refractivity contribution is -0.150. The number of ether oxygens (including phenoxy) is 3. The summed E-state index contributed by atoms with van der Waals surface area (Å²) < 4.78 is 17.0. The zero-order valence-electron chi connectivity index (χ0n) is 13.9. The summed E-state index contributed by atoms with van der Waals surface area (Å²) in [4.78, 5) is 16.2. The Morgan fingerprint density at radius 2 is 2.18 bits per heavy atom. The zero-order valence-corrected chi connectivity index (χ0v) is 13.9. The fourth-order valence-corrected chi connectivity index (χ4v) is 2.91. The molecule has 2 heterocycles. The minimum Gasteiger partial charge on any atom is -0.463 e. The van der Waals surface area contributed by atoms with Crippen LogP contribution >= 0.6 is 0 Å². The third kappa shape index (κ3) is 5.06. The Morgan fingerprint density at radius 3 is 2.91 bits per heavy atom. The molecule has 0 amide bonds. The van der Waals surface area contributed by atoms with E-state index in [0.29, 0.717) is 13.0 Å². The largest absolute Gasteiger partial charge is 0.463 e. The van der Waals surface area contributed by atoms with E-state index < -0.39 is 5.79 Å². The molecule has 2 aliphatic heterocycles. The van der Waals surface area contributed by atoms with Gasteiger partial charge >= 0.3 is 5.97 Å². The van der Waals surface area contributed by atoms with E-state index in [1.807, 2.05) is 6.92 Å². The van der Waals surface area contributed by atoms with Crippen molar-refractivity contribution in [3.63, 3.8) is 0 Å². The fraction of sp³-hybridized carbons (Fsp3) is 0.882. The van der Waals surface area contributed by atoms with E-state index in [4.69, 9.17) is 14.2 Å². The molecule has 0 aromatic heterocycles. The summed E-state index contributed by atoms with van der Waals surface area (Å²) in [6.07, 6.45) is 7.98. The average molecular weight is 311 g/mol. The second kappa shape index (κ2) is 8.63. The van der Waals surface area contributed by atoms with Crippen LogP contribution in [0.3, 0.4) is 0 Å². The first kappa shape index (κ1) is 17.4. The van der Waals surface area contributed by atoms with E-state index in [9.17, 15) is 4.79 Å². The van der Waals surface area contributed by atoms with E-state index in [0.717, 1.165) is 37.9 Å². The molecule has 1 unspecified atom stereocenters. The Kier molecular flexibility index (Phi) is 6.83. The van der Waals surface area contributed by atoms with Crippen LogP contribution in [0.4, 0.5) is 0 Å². The van der Waals surface area contributed by atoms with Gasteiger partial charge < -0.3 is 14.2 Å². The van der Waals surface area contributed by atoms with Gasteiger partial charge in [0.1, 0.15) is 12.7 Å². The summed E-state index contributed by atoms with van der Waals surface area (Å²) in [5.41, 5.74) is 0.984. The highest BCUT2D eigenvalue weighted by Crippen LogP contribution is 2.29. The highest BCUT2D eigenvalue weighted by Gasteiger charge is 2.42. The predicted molar refractivity (Wildman–Crippen MR) is 85.1 cm³/mol. The average Bonchev–Trinajstić information content (AvgIpc) is 3.15. The molecule has 5 heteroatoms. The smallest absolute Gasteiger partial charge is 0.305 e. The number of nitrogens with zero attached hydrogens (tertiary/aromatic N) is 1. The summed E-state index contributed by atoms with van der Waals surface area (Å²) in [5.74, 6) is -0.847. The quantitative estimate of drug-likeness (QED) is 0.484. The van der Waals surface area contributed by atoms with Crippen molar-refractivity contribution in [3.8, 4) is 0 Å². The van der Waals surface area contributed by atoms with E-state index in [1.165, 1.54) is 19.3 Å². The molecule has 22 heavy (non-hydrogen) atoms. The van der Waals surface area contributed by atoms with Crippen molar-refractivity contribution in [2.45, 2.75) is 77.1 Å². The summed E-state index contributed by atoms with van der Waals surface area (Å²) in [6.45, 7) is 5.68. The van der Waals surface area contributed by atoms with Gasteiger partial charge in [-0.15, -0.1) is 0 Å². The summed E-state index contributed by atoms with van der Waals surface area (Å²) in [5, 5.41) is 0. The molecule has 2 aliphatic rings. The molecule has 126 valence electrons. The molecule has 0 N–H and O–H groups in total. The molecular weight excluding hydrogens is 282 g/mol. The maximum atomic E-state index is 11.7. The second-order valence-electron chi connectivity index (χ2n) is 6.28. The van der Waals surface area contributed by atoms with E-state index in [-0.39, 0.29) is 18.7 Å². The van der Waals surface area contributed by atoms with Crippen LogP contribution in [-0.2, 0) is 19.0 Å². The van der Waals surface area contributed by atoms with Gasteiger partial charge in [-0.25, -0.2) is 0 Å². The van der Waals surface area contributed by atoms with Gasteiger partial charge in [0.05, 0.1) is 12.3 Å². The minimum absolute atomic E-state index is 0.132. The molecule has 0 bridgehead atoms. The van der Waals surface area contributed by atoms with Crippen LogP contribution in [-0.4, -0.2) is 43.3 Å². The van der Waals surface area contributed by atoms with Gasteiger partial charge in [0.15, 0.2) is 0 Å². The van der Waals surface area contributed by atoms with E-state index in [1.54, 1.807) is 0 Å². The lowest BCUT2D eigenvalue weighted by atomic mass is 10.1. The van der Waals surface area contributed by atoms with E-state index in [2.05, 4.69) is 11.9 Å². The number of hydrogen-bond acceptors (Lipinski definition) is 5. The standard InChI is InChI=1S/C17H29NO4/c1-3-4-5-6-7-10-16(19)20-12-14-13-21-17(2,22-14)15-9-8-11-18-15/h14H,3-13H2,1-2H3/t14?,17-/m0/s1. The van der Waals surface area contributed by atoms with Crippen molar-refractivity contribution in [3.05, 3.63) is 0 Å². The van der Waals surface area contributed by atoms with Gasteiger partial charge in [-0.05, 0) is 26.2 Å². The lowest BCUT2D eigenvalue weighted by Crippen LogP contribution is -2.36. The van der Waals surface area contributed by atoms with Gasteiger partial charge in [-0.2, -0.15) is 0 Å². The molecule has 5 nitrogen and oxygen atoms in total. The molecule has 1 saturated heterocycles. The van der Waals surface area contributed by atoms with Crippen molar-refractivity contribution >= 4 is 11.7 Å². The molecule has 0 aliphatic carbocycles. The monoisotopic (exact) mass is 311 g/mol. The topological polar surface area (TPSA) is 57.1 Å². The van der Waals surface area contributed by atoms with Crippen molar-refractivity contribution in [1.82, 2.24) is 0 Å². The van der Waals surface area contributed by atoms with Crippen LogP contribution in [0, 0.1) is 0 Å². The number of esters is 1. The molecule has 0 spiro atoms. The Labute approximate surface area is 133 Å². The van der Waals surface area contributed by atoms with Crippen LogP contribution < -0.4 is 0 Å². The highest BCUT2D eigenvalue weighted by atomic mass is 16.8. The van der Waals surface area contributed by atoms with Gasteiger partial charge in [0.25, 0.3) is 0 Å². The van der Waals surface area contributed by atoms with Crippen molar-refractivity contribution in [2.24, 2.45) is 4.99 Å². The number of carbonyl (C=O) groups is 1. The highest BCUT2D eigenvalue weighted by molar-refractivity contribution is 5.92. The molecule has 0 radical (unpaired) electrons. The lowest BCUT2D eigenvalue weighted by Gasteiger charge is -2.23. The van der Waals surface area contributed by atoms with Gasteiger partial charge in [0, 0.05) is 13.0 Å². The molecule has 0 saturated carbocycles. The van der Waals surface area contributed by atoms with Gasteiger partial charge in [-0.3, -0.25) is 9.79 Å². The van der Waals surface area contributed by atoms with Crippen LogP contribution in [0.25, 0.3) is 0 Å². The number of aliphatic imine (C=N–C) groups is 1. The Bertz CT molecular complexity index is 396. The predicted octanol–water partition coefficient (Wildman–Crippen LogP) is 3.26. The molecule has 1 fully saturated rings. The first-order chi connectivity index (χ1) is 10.6. The maximum Gasteiger partial charge on any atom is 0.305 e. The minimum atomic E-state index is -0.715. The normalized spacial score (nSPS) is 27.9. The summed E-state index contributed by atoms with van der Waals surface area (Å²) >= 11 is 0. The SMILES string of the molecule is CCCCCCCC(=O)OCC1CO[C@](C)(C2=NCCC2)O1. The van der Waals surface area contributed by atoms with Crippen LogP contribution in [0.2, 0.25) is 0 Å². The maximum absolute atomic E-state index is 11.7. The third-order valence-corrected chi connectivity index (χ3v) is 4.25. The molecule has 2 rings (SSSR count). The zero-order chi connectivity index (χ0) is 15.8. The van der Waals surface area contributed by atoms with Crippen LogP contribution in [0.5, 0.6) is 0 Å². The first-order valence-electron chi connectivity index (χ1n) is 8.65. The Balaban J connectivity index is 1.60. The molecule has 0 aromatic rings. The Hall–Kier alpha value is -0.940. The number of carbonyl (C=O) groups excluding carboxylic acids is 1. The summed E-state index contributed by atoms with van der Waals surface area (Å²) in [6, 6.07) is 0. The fourth-order valence-electron chi connectivity index (χ4n) is 2.91.